The highest BCUT2D eigenvalue weighted by atomic mass is 79.9. The Kier molecular flexibility index (Phi) is 3.02. The smallest absolute Gasteiger partial charge is 0.270 e. The van der Waals surface area contributed by atoms with Crippen LogP contribution in [0, 0.1) is 0 Å². The first kappa shape index (κ1) is 10.2. The van der Waals surface area contributed by atoms with Crippen molar-refractivity contribution in [3.05, 3.63) is 33.9 Å². The van der Waals surface area contributed by atoms with Gasteiger partial charge >= 0.3 is 0 Å². The molecule has 0 saturated carbocycles. The summed E-state index contributed by atoms with van der Waals surface area (Å²) in [4.78, 5) is 16.1. The van der Waals surface area contributed by atoms with Crippen LogP contribution in [0.3, 0.4) is 0 Å². The lowest BCUT2D eigenvalue weighted by molar-refractivity contribution is 0.103. The van der Waals surface area contributed by atoms with Gasteiger partial charge in [0.05, 0.1) is 10.7 Å². The van der Waals surface area contributed by atoms with Gasteiger partial charge in [-0.3, -0.25) is 4.79 Å². The standard InChI is InChI=1S/C8H5BrN4OS/c9-5-2-1-3-10-7(5)12-8(14)6-4-11-13-15-6/h1-4H,(H,10,12,14). The van der Waals surface area contributed by atoms with E-state index in [0.29, 0.717) is 10.7 Å². The summed E-state index contributed by atoms with van der Waals surface area (Å²) in [5.41, 5.74) is 0. The molecular formula is C8H5BrN4OS. The van der Waals surface area contributed by atoms with E-state index in [9.17, 15) is 4.79 Å². The second kappa shape index (κ2) is 4.45. The Balaban J connectivity index is 2.17. The van der Waals surface area contributed by atoms with Crippen molar-refractivity contribution in [3.8, 4) is 0 Å². The quantitative estimate of drug-likeness (QED) is 0.915. The molecule has 0 aliphatic heterocycles. The molecule has 0 aliphatic rings. The number of anilines is 1. The van der Waals surface area contributed by atoms with E-state index >= 15 is 0 Å². The summed E-state index contributed by atoms with van der Waals surface area (Å²) in [6, 6.07) is 3.57. The van der Waals surface area contributed by atoms with E-state index in [4.69, 9.17) is 0 Å². The van der Waals surface area contributed by atoms with Crippen LogP contribution in [0.25, 0.3) is 0 Å². The van der Waals surface area contributed by atoms with Crippen molar-refractivity contribution in [1.29, 1.82) is 0 Å². The van der Waals surface area contributed by atoms with Crippen LogP contribution in [-0.4, -0.2) is 20.5 Å². The van der Waals surface area contributed by atoms with Crippen LogP contribution in [-0.2, 0) is 0 Å². The molecular weight excluding hydrogens is 280 g/mol. The molecule has 7 heteroatoms. The van der Waals surface area contributed by atoms with Gasteiger partial charge in [0.2, 0.25) is 0 Å². The Bertz CT molecular complexity index is 473. The van der Waals surface area contributed by atoms with Crippen LogP contribution in [0.15, 0.2) is 29.0 Å². The van der Waals surface area contributed by atoms with Crippen molar-refractivity contribution in [1.82, 2.24) is 14.6 Å². The van der Waals surface area contributed by atoms with Crippen LogP contribution in [0.4, 0.5) is 5.82 Å². The molecule has 2 aromatic heterocycles. The Labute approximate surface area is 97.8 Å². The number of halogens is 1. The van der Waals surface area contributed by atoms with Crippen molar-refractivity contribution in [2.24, 2.45) is 0 Å². The third-order valence-corrected chi connectivity index (χ3v) is 2.88. The summed E-state index contributed by atoms with van der Waals surface area (Å²) in [7, 11) is 0. The predicted octanol–water partition coefficient (Wildman–Crippen LogP) is 1.95. The fraction of sp³-hybridized carbons (Fsp3) is 0. The van der Waals surface area contributed by atoms with E-state index in [1.54, 1.807) is 18.3 Å². The maximum atomic E-state index is 11.6. The van der Waals surface area contributed by atoms with Gasteiger partial charge in [0.25, 0.3) is 5.91 Å². The molecule has 1 amide bonds. The molecule has 5 nitrogen and oxygen atoms in total. The molecule has 0 aromatic carbocycles. The van der Waals surface area contributed by atoms with Gasteiger partial charge in [0.1, 0.15) is 10.7 Å². The largest absolute Gasteiger partial charge is 0.305 e. The lowest BCUT2D eigenvalue weighted by Crippen LogP contribution is -2.11. The number of carbonyl (C=O) groups excluding carboxylic acids is 1. The SMILES string of the molecule is O=C(Nc1ncccc1Br)c1cnns1. The summed E-state index contributed by atoms with van der Waals surface area (Å²) >= 11 is 4.32. The molecule has 2 aromatic rings. The maximum Gasteiger partial charge on any atom is 0.270 e. The Morgan fingerprint density at radius 2 is 2.40 bits per heavy atom. The zero-order valence-corrected chi connectivity index (χ0v) is 9.75. The van der Waals surface area contributed by atoms with E-state index in [1.165, 1.54) is 6.20 Å². The van der Waals surface area contributed by atoms with E-state index in [0.717, 1.165) is 16.0 Å². The van der Waals surface area contributed by atoms with Gasteiger partial charge in [0.15, 0.2) is 0 Å². The van der Waals surface area contributed by atoms with E-state index in [1.807, 2.05) is 0 Å². The maximum absolute atomic E-state index is 11.6. The second-order valence-electron chi connectivity index (χ2n) is 2.57. The Morgan fingerprint density at radius 1 is 1.53 bits per heavy atom. The molecule has 0 fully saturated rings. The van der Waals surface area contributed by atoms with E-state index in [2.05, 4.69) is 35.8 Å². The molecule has 0 saturated heterocycles. The zero-order valence-electron chi connectivity index (χ0n) is 7.35. The summed E-state index contributed by atoms with van der Waals surface area (Å²) in [5, 5.41) is 6.23. The lowest BCUT2D eigenvalue weighted by atomic mass is 10.4. The first-order valence-electron chi connectivity index (χ1n) is 3.96. The molecule has 1 N–H and O–H groups in total. The number of amides is 1. The molecule has 0 aliphatic carbocycles. The molecule has 0 radical (unpaired) electrons. The number of hydrogen-bond acceptors (Lipinski definition) is 5. The third kappa shape index (κ3) is 2.37. The third-order valence-electron chi connectivity index (χ3n) is 1.58. The van der Waals surface area contributed by atoms with Crippen molar-refractivity contribution < 1.29 is 4.79 Å². The zero-order chi connectivity index (χ0) is 10.7. The molecule has 15 heavy (non-hydrogen) atoms. The van der Waals surface area contributed by atoms with E-state index < -0.39 is 0 Å². The monoisotopic (exact) mass is 284 g/mol. The molecule has 0 unspecified atom stereocenters. The highest BCUT2D eigenvalue weighted by Gasteiger charge is 2.10. The van der Waals surface area contributed by atoms with Crippen LogP contribution in [0.2, 0.25) is 0 Å². The topological polar surface area (TPSA) is 67.8 Å². The highest BCUT2D eigenvalue weighted by molar-refractivity contribution is 9.10. The van der Waals surface area contributed by atoms with Crippen molar-refractivity contribution in [2.75, 3.05) is 5.32 Å². The van der Waals surface area contributed by atoms with Crippen molar-refractivity contribution in [2.45, 2.75) is 0 Å². The van der Waals surface area contributed by atoms with Gasteiger partial charge in [-0.1, -0.05) is 4.49 Å². The number of hydrogen-bond donors (Lipinski definition) is 1. The van der Waals surface area contributed by atoms with Gasteiger partial charge in [-0.25, -0.2) is 4.98 Å². The first-order valence-corrected chi connectivity index (χ1v) is 5.53. The molecule has 2 heterocycles. The predicted molar refractivity (Wildman–Crippen MR) is 59.8 cm³/mol. The number of nitrogens with one attached hydrogen (secondary N) is 1. The summed E-state index contributed by atoms with van der Waals surface area (Å²) in [5.74, 6) is 0.223. The number of aromatic nitrogens is 3. The molecule has 0 bridgehead atoms. The molecule has 2 rings (SSSR count). The number of nitrogens with zero attached hydrogens (tertiary/aromatic N) is 3. The Morgan fingerprint density at radius 3 is 3.07 bits per heavy atom. The summed E-state index contributed by atoms with van der Waals surface area (Å²) < 4.78 is 4.34. The van der Waals surface area contributed by atoms with Gasteiger partial charge in [-0.15, -0.1) is 5.10 Å². The fourth-order valence-electron chi connectivity index (χ4n) is 0.914. The highest BCUT2D eigenvalue weighted by Crippen LogP contribution is 2.19. The number of pyridine rings is 1. The second-order valence-corrected chi connectivity index (χ2v) is 4.21. The van der Waals surface area contributed by atoms with Crippen LogP contribution < -0.4 is 5.32 Å². The first-order chi connectivity index (χ1) is 7.27. The lowest BCUT2D eigenvalue weighted by Gasteiger charge is -2.03. The minimum absolute atomic E-state index is 0.260. The van der Waals surface area contributed by atoms with Crippen LogP contribution in [0.1, 0.15) is 9.67 Å². The normalized spacial score (nSPS) is 9.93. The van der Waals surface area contributed by atoms with Crippen LogP contribution >= 0.6 is 27.5 Å². The van der Waals surface area contributed by atoms with Crippen molar-refractivity contribution in [3.63, 3.8) is 0 Å². The number of rotatable bonds is 2. The average molecular weight is 285 g/mol. The van der Waals surface area contributed by atoms with E-state index in [-0.39, 0.29) is 5.91 Å². The van der Waals surface area contributed by atoms with Gasteiger partial charge in [0, 0.05) is 6.20 Å². The number of carbonyl (C=O) groups is 1. The average Bonchev–Trinajstić information content (AvgIpc) is 2.74. The molecule has 76 valence electrons. The minimum atomic E-state index is -0.260. The van der Waals surface area contributed by atoms with Gasteiger partial charge in [-0.2, -0.15) is 0 Å². The van der Waals surface area contributed by atoms with Crippen molar-refractivity contribution >= 4 is 39.2 Å². The summed E-state index contributed by atoms with van der Waals surface area (Å²) in [6.45, 7) is 0. The molecule has 0 spiro atoms. The van der Waals surface area contributed by atoms with Gasteiger partial charge < -0.3 is 5.32 Å². The molecule has 0 atom stereocenters. The summed E-state index contributed by atoms with van der Waals surface area (Å²) in [6.07, 6.45) is 3.02. The van der Waals surface area contributed by atoms with Gasteiger partial charge in [-0.05, 0) is 39.6 Å². The Hall–Kier alpha value is -1.34. The minimum Gasteiger partial charge on any atom is -0.305 e. The van der Waals surface area contributed by atoms with Crippen LogP contribution in [0.5, 0.6) is 0 Å². The fourth-order valence-corrected chi connectivity index (χ4v) is 1.68.